The summed E-state index contributed by atoms with van der Waals surface area (Å²) in [5, 5.41) is 2.90. The van der Waals surface area contributed by atoms with E-state index in [-0.39, 0.29) is 11.8 Å². The molecule has 6 nitrogen and oxygen atoms in total. The van der Waals surface area contributed by atoms with Gasteiger partial charge in [-0.05, 0) is 47.9 Å². The second-order valence-electron chi connectivity index (χ2n) is 6.81. The number of methoxy groups -OCH3 is 2. The van der Waals surface area contributed by atoms with Gasteiger partial charge in [-0.2, -0.15) is 0 Å². The summed E-state index contributed by atoms with van der Waals surface area (Å²) in [5.74, 6) is 2.08. The van der Waals surface area contributed by atoms with Crippen molar-refractivity contribution in [2.45, 2.75) is 24.3 Å². The molecule has 0 fully saturated rings. The molecule has 7 heteroatoms. The summed E-state index contributed by atoms with van der Waals surface area (Å²) in [7, 11) is 3.23. The van der Waals surface area contributed by atoms with Crippen molar-refractivity contribution in [2.75, 3.05) is 31.8 Å². The Balaban J connectivity index is 1.58. The van der Waals surface area contributed by atoms with E-state index in [1.165, 1.54) is 5.56 Å². The van der Waals surface area contributed by atoms with Crippen LogP contribution in [-0.4, -0.2) is 43.2 Å². The molecule has 2 aromatic rings. The third-order valence-electron chi connectivity index (χ3n) is 5.09. The van der Waals surface area contributed by atoms with Gasteiger partial charge in [-0.15, -0.1) is 11.8 Å². The minimum Gasteiger partial charge on any atom is -0.493 e. The molecule has 0 radical (unpaired) electrons. The number of amides is 2. The lowest BCUT2D eigenvalue weighted by Gasteiger charge is -2.30. The van der Waals surface area contributed by atoms with Crippen molar-refractivity contribution in [3.63, 3.8) is 0 Å². The van der Waals surface area contributed by atoms with Crippen molar-refractivity contribution in [1.82, 2.24) is 4.90 Å². The molecule has 2 amide bonds. The Kier molecular flexibility index (Phi) is 5.17. The minimum absolute atomic E-state index is 0.0104. The van der Waals surface area contributed by atoms with E-state index in [1.807, 2.05) is 29.2 Å². The van der Waals surface area contributed by atoms with Gasteiger partial charge in [0.1, 0.15) is 0 Å². The van der Waals surface area contributed by atoms with E-state index in [1.54, 1.807) is 32.0 Å². The number of nitrogens with one attached hydrogen (secondary N) is 1. The molecule has 0 aromatic heterocycles. The Morgan fingerprint density at radius 1 is 1.07 bits per heavy atom. The maximum atomic E-state index is 13.1. The third kappa shape index (κ3) is 3.54. The van der Waals surface area contributed by atoms with Crippen molar-refractivity contribution >= 4 is 29.3 Å². The lowest BCUT2D eigenvalue weighted by atomic mass is 9.98. The van der Waals surface area contributed by atoms with E-state index < -0.39 is 0 Å². The van der Waals surface area contributed by atoms with Crippen LogP contribution < -0.4 is 14.8 Å². The van der Waals surface area contributed by atoms with Crippen LogP contribution in [0.25, 0.3) is 0 Å². The van der Waals surface area contributed by atoms with Gasteiger partial charge in [0.15, 0.2) is 11.5 Å². The van der Waals surface area contributed by atoms with Crippen LogP contribution in [0.15, 0.2) is 35.2 Å². The van der Waals surface area contributed by atoms with Crippen LogP contribution in [0.1, 0.15) is 27.9 Å². The number of anilines is 1. The first-order valence-electron chi connectivity index (χ1n) is 9.19. The van der Waals surface area contributed by atoms with Gasteiger partial charge in [0.25, 0.3) is 5.91 Å². The quantitative estimate of drug-likeness (QED) is 0.859. The average Bonchev–Trinajstić information content (AvgIpc) is 2.91. The van der Waals surface area contributed by atoms with E-state index >= 15 is 0 Å². The molecular weight excluding hydrogens is 376 g/mol. The number of benzene rings is 2. The molecule has 146 valence electrons. The van der Waals surface area contributed by atoms with Crippen molar-refractivity contribution in [2.24, 2.45) is 0 Å². The zero-order chi connectivity index (χ0) is 19.7. The van der Waals surface area contributed by atoms with Gasteiger partial charge in [0.05, 0.1) is 19.9 Å². The fourth-order valence-corrected chi connectivity index (χ4v) is 4.53. The van der Waals surface area contributed by atoms with Crippen LogP contribution in [0.3, 0.4) is 0 Å². The van der Waals surface area contributed by atoms with Crippen molar-refractivity contribution in [3.8, 4) is 11.5 Å². The summed E-state index contributed by atoms with van der Waals surface area (Å²) >= 11 is 1.63. The van der Waals surface area contributed by atoms with Crippen LogP contribution in [0.4, 0.5) is 5.69 Å². The molecule has 4 rings (SSSR count). The molecule has 0 aliphatic carbocycles. The maximum absolute atomic E-state index is 13.1. The molecule has 1 N–H and O–H groups in total. The lowest BCUT2D eigenvalue weighted by molar-refractivity contribution is -0.115. The molecule has 0 bridgehead atoms. The fourth-order valence-electron chi connectivity index (χ4n) is 3.59. The third-order valence-corrected chi connectivity index (χ3v) is 6.17. The minimum atomic E-state index is -0.0354. The van der Waals surface area contributed by atoms with Crippen LogP contribution >= 0.6 is 11.8 Å². The van der Waals surface area contributed by atoms with Gasteiger partial charge in [0.2, 0.25) is 5.91 Å². The van der Waals surface area contributed by atoms with Gasteiger partial charge in [-0.3, -0.25) is 9.59 Å². The predicted octanol–water partition coefficient (Wildman–Crippen LogP) is 3.34. The van der Waals surface area contributed by atoms with Crippen LogP contribution in [0, 0.1) is 0 Å². The SMILES string of the molecule is COc1cc2c(cc1OC)CN(C(=O)c1ccc3c(c1)NC(=O)CCS3)CC2. The van der Waals surface area contributed by atoms with Crippen molar-refractivity contribution in [1.29, 1.82) is 0 Å². The number of hydrogen-bond donors (Lipinski definition) is 1. The van der Waals surface area contributed by atoms with E-state index in [0.717, 1.165) is 28.3 Å². The highest BCUT2D eigenvalue weighted by molar-refractivity contribution is 7.99. The number of nitrogens with zero attached hydrogens (tertiary/aromatic N) is 1. The van der Waals surface area contributed by atoms with Crippen molar-refractivity contribution in [3.05, 3.63) is 47.0 Å². The Labute approximate surface area is 168 Å². The summed E-state index contributed by atoms with van der Waals surface area (Å²) in [6, 6.07) is 9.49. The highest BCUT2D eigenvalue weighted by Crippen LogP contribution is 2.35. The zero-order valence-corrected chi connectivity index (χ0v) is 16.7. The highest BCUT2D eigenvalue weighted by Gasteiger charge is 2.25. The maximum Gasteiger partial charge on any atom is 0.254 e. The summed E-state index contributed by atoms with van der Waals surface area (Å²) in [6.07, 6.45) is 1.25. The molecule has 2 aliphatic heterocycles. The summed E-state index contributed by atoms with van der Waals surface area (Å²) in [5.41, 5.74) is 3.55. The normalized spacial score (nSPS) is 15.8. The number of thioether (sulfide) groups is 1. The Bertz CT molecular complexity index is 944. The van der Waals surface area contributed by atoms with E-state index in [0.29, 0.717) is 36.6 Å². The number of rotatable bonds is 3. The molecule has 2 heterocycles. The standard InChI is InChI=1S/C21H22N2O4S/c1-26-17-10-13-5-7-23(12-15(13)11-18(17)27-2)21(25)14-3-4-19-16(9-14)22-20(24)6-8-28-19/h3-4,9-11H,5-8,12H2,1-2H3,(H,22,24). The Hall–Kier alpha value is -2.67. The van der Waals surface area contributed by atoms with E-state index in [2.05, 4.69) is 5.32 Å². The largest absolute Gasteiger partial charge is 0.493 e. The number of carbonyl (C=O) groups is 2. The van der Waals surface area contributed by atoms with Gasteiger partial charge in [0, 0.05) is 35.7 Å². The van der Waals surface area contributed by atoms with Crippen molar-refractivity contribution < 1.29 is 19.1 Å². The Morgan fingerprint density at radius 2 is 1.82 bits per heavy atom. The van der Waals surface area contributed by atoms with Gasteiger partial charge in [-0.25, -0.2) is 0 Å². The van der Waals surface area contributed by atoms with Crippen LogP contribution in [-0.2, 0) is 17.8 Å². The molecule has 0 saturated heterocycles. The first-order chi connectivity index (χ1) is 13.6. The summed E-state index contributed by atoms with van der Waals surface area (Å²) in [4.78, 5) is 27.8. The topological polar surface area (TPSA) is 67.9 Å². The predicted molar refractivity (Wildman–Crippen MR) is 108 cm³/mol. The second kappa shape index (κ2) is 7.75. The summed E-state index contributed by atoms with van der Waals surface area (Å²) < 4.78 is 10.8. The first kappa shape index (κ1) is 18.7. The molecule has 0 unspecified atom stereocenters. The van der Waals surface area contributed by atoms with E-state index in [4.69, 9.17) is 9.47 Å². The molecular formula is C21H22N2O4S. The first-order valence-corrected chi connectivity index (χ1v) is 10.2. The number of carbonyl (C=O) groups excluding carboxylic acids is 2. The van der Waals surface area contributed by atoms with E-state index in [9.17, 15) is 9.59 Å². The second-order valence-corrected chi connectivity index (χ2v) is 7.95. The smallest absolute Gasteiger partial charge is 0.254 e. The molecule has 0 saturated carbocycles. The van der Waals surface area contributed by atoms with Crippen LogP contribution in [0.2, 0.25) is 0 Å². The average molecular weight is 398 g/mol. The lowest BCUT2D eigenvalue weighted by Crippen LogP contribution is -2.36. The fraction of sp³-hybridized carbons (Fsp3) is 0.333. The zero-order valence-electron chi connectivity index (χ0n) is 15.9. The summed E-state index contributed by atoms with van der Waals surface area (Å²) in [6.45, 7) is 1.16. The number of fused-ring (bicyclic) bond motifs is 2. The highest BCUT2D eigenvalue weighted by atomic mass is 32.2. The molecule has 0 spiro atoms. The Morgan fingerprint density at radius 3 is 2.57 bits per heavy atom. The van der Waals surface area contributed by atoms with Gasteiger partial charge >= 0.3 is 0 Å². The van der Waals surface area contributed by atoms with Crippen LogP contribution in [0.5, 0.6) is 11.5 Å². The molecule has 2 aliphatic rings. The monoisotopic (exact) mass is 398 g/mol. The molecule has 28 heavy (non-hydrogen) atoms. The number of hydrogen-bond acceptors (Lipinski definition) is 5. The molecule has 2 aromatic carbocycles. The van der Waals surface area contributed by atoms with Gasteiger partial charge in [-0.1, -0.05) is 0 Å². The number of ether oxygens (including phenoxy) is 2. The van der Waals surface area contributed by atoms with Gasteiger partial charge < -0.3 is 19.7 Å². The molecule has 0 atom stereocenters.